The zero-order valence-electron chi connectivity index (χ0n) is 15.8. The Balaban J connectivity index is 1.85. The minimum absolute atomic E-state index is 0.0668. The molecule has 6 nitrogen and oxygen atoms in total. The van der Waals surface area contributed by atoms with Crippen molar-refractivity contribution in [3.63, 3.8) is 0 Å². The third-order valence-electron chi connectivity index (χ3n) is 3.50. The molecule has 0 aliphatic heterocycles. The van der Waals surface area contributed by atoms with E-state index in [1.807, 2.05) is 39.0 Å². The van der Waals surface area contributed by atoms with Gasteiger partial charge >= 0.3 is 0 Å². The lowest BCUT2D eigenvalue weighted by molar-refractivity contribution is -0.126. The molecule has 0 aliphatic carbocycles. The van der Waals surface area contributed by atoms with Crippen LogP contribution in [0.25, 0.3) is 0 Å². The molecule has 0 saturated heterocycles. The highest BCUT2D eigenvalue weighted by Crippen LogP contribution is 2.26. The van der Waals surface area contributed by atoms with Crippen molar-refractivity contribution in [2.45, 2.75) is 33.3 Å². The first-order valence-electron chi connectivity index (χ1n) is 8.58. The number of carbonyl (C=O) groups is 2. The van der Waals surface area contributed by atoms with Gasteiger partial charge in [0.2, 0.25) is 11.8 Å². The molecule has 8 heteroatoms. The molecule has 0 atom stereocenters. The van der Waals surface area contributed by atoms with E-state index in [1.54, 1.807) is 18.2 Å². The topological polar surface area (TPSA) is 79.8 Å². The third kappa shape index (κ3) is 6.98. The van der Waals surface area contributed by atoms with Crippen LogP contribution in [-0.4, -0.2) is 24.1 Å². The van der Waals surface area contributed by atoms with Crippen molar-refractivity contribution in [3.8, 4) is 5.75 Å². The predicted molar refractivity (Wildman–Crippen MR) is 115 cm³/mol. The molecule has 2 amide bonds. The Bertz CT molecular complexity index is 900. The molecule has 0 aliphatic rings. The first-order chi connectivity index (χ1) is 13.2. The van der Waals surface area contributed by atoms with Gasteiger partial charge in [0.15, 0.2) is 0 Å². The highest BCUT2D eigenvalue weighted by atomic mass is 79.9. The van der Waals surface area contributed by atoms with Crippen LogP contribution in [0.3, 0.4) is 0 Å². The second-order valence-electron chi connectivity index (χ2n) is 6.34. The van der Waals surface area contributed by atoms with Crippen LogP contribution in [0.15, 0.2) is 46.0 Å². The number of benzene rings is 2. The number of carbonyl (C=O) groups excluding carboxylic acids is 2. The number of nitrogens with zero attached hydrogens (tertiary/aromatic N) is 1. The summed E-state index contributed by atoms with van der Waals surface area (Å²) >= 11 is 9.45. The molecule has 148 valence electrons. The maximum Gasteiger partial charge on any atom is 0.249 e. The number of hydrazone groups is 1. The van der Waals surface area contributed by atoms with E-state index in [4.69, 9.17) is 16.3 Å². The lowest BCUT2D eigenvalue weighted by Gasteiger charge is -2.11. The lowest BCUT2D eigenvalue weighted by Crippen LogP contribution is -2.24. The van der Waals surface area contributed by atoms with Crippen LogP contribution >= 0.6 is 27.5 Å². The Morgan fingerprint density at radius 3 is 2.61 bits per heavy atom. The zero-order valence-corrected chi connectivity index (χ0v) is 18.1. The van der Waals surface area contributed by atoms with E-state index in [-0.39, 0.29) is 12.5 Å². The molecular weight excluding hydrogens is 446 g/mol. The molecule has 0 aromatic heterocycles. The van der Waals surface area contributed by atoms with Gasteiger partial charge in [-0.05, 0) is 78.2 Å². The number of ether oxygens (including phenoxy) is 1. The minimum atomic E-state index is -0.522. The molecular formula is C20H21BrClN3O3. The Hall–Kier alpha value is -2.38. The molecule has 0 bridgehead atoms. The molecule has 2 rings (SSSR count). The molecule has 2 aromatic rings. The summed E-state index contributed by atoms with van der Waals surface area (Å²) in [6.07, 6.45) is 1.20. The van der Waals surface area contributed by atoms with Gasteiger partial charge in [-0.1, -0.05) is 17.7 Å². The summed E-state index contributed by atoms with van der Waals surface area (Å²) in [5.41, 5.74) is 4.54. The highest BCUT2D eigenvalue weighted by molar-refractivity contribution is 9.10. The van der Waals surface area contributed by atoms with Gasteiger partial charge < -0.3 is 10.1 Å². The monoisotopic (exact) mass is 465 g/mol. The Labute approximate surface area is 177 Å². The first-order valence-corrected chi connectivity index (χ1v) is 9.76. The molecule has 2 N–H and O–H groups in total. The summed E-state index contributed by atoms with van der Waals surface area (Å²) < 4.78 is 6.42. The van der Waals surface area contributed by atoms with Gasteiger partial charge in [0, 0.05) is 10.7 Å². The third-order valence-corrected chi connectivity index (χ3v) is 4.53. The Kier molecular flexibility index (Phi) is 8.02. The summed E-state index contributed by atoms with van der Waals surface area (Å²) in [5, 5.41) is 7.04. The smallest absolute Gasteiger partial charge is 0.249 e. The molecule has 0 heterocycles. The van der Waals surface area contributed by atoms with Crippen molar-refractivity contribution in [1.82, 2.24) is 5.43 Å². The molecule has 28 heavy (non-hydrogen) atoms. The van der Waals surface area contributed by atoms with Gasteiger partial charge in [-0.3, -0.25) is 9.59 Å². The van der Waals surface area contributed by atoms with Gasteiger partial charge in [0.25, 0.3) is 0 Å². The van der Waals surface area contributed by atoms with Gasteiger partial charge in [-0.25, -0.2) is 5.43 Å². The molecule has 0 unspecified atom stereocenters. The number of amides is 2. The fourth-order valence-electron chi connectivity index (χ4n) is 2.19. The van der Waals surface area contributed by atoms with E-state index >= 15 is 0 Å². The SMILES string of the molecule is Cc1ccc(NC(=O)CC(=O)NN=Cc2ccc(OC(C)C)c(Br)c2)cc1Cl. The second-order valence-corrected chi connectivity index (χ2v) is 7.60. The first kappa shape index (κ1) is 21.9. The van der Waals surface area contributed by atoms with Crippen LogP contribution in [0.5, 0.6) is 5.75 Å². The van der Waals surface area contributed by atoms with E-state index in [0.29, 0.717) is 10.7 Å². The van der Waals surface area contributed by atoms with Gasteiger partial charge in [0.05, 0.1) is 16.8 Å². The fraction of sp³-hybridized carbons (Fsp3) is 0.250. The molecule has 0 radical (unpaired) electrons. The number of nitrogens with one attached hydrogen (secondary N) is 2. The zero-order chi connectivity index (χ0) is 20.7. The molecule has 2 aromatic carbocycles. The number of anilines is 1. The summed E-state index contributed by atoms with van der Waals surface area (Å²) in [4.78, 5) is 23.8. The maximum atomic E-state index is 11.9. The predicted octanol–water partition coefficient (Wildman–Crippen LogP) is 4.68. The number of hydrogen-bond donors (Lipinski definition) is 2. The van der Waals surface area contributed by atoms with Crippen LogP contribution in [0.4, 0.5) is 5.69 Å². The summed E-state index contributed by atoms with van der Waals surface area (Å²) in [6.45, 7) is 5.75. The fourth-order valence-corrected chi connectivity index (χ4v) is 2.86. The second kappa shape index (κ2) is 10.2. The molecule has 0 saturated carbocycles. The van der Waals surface area contributed by atoms with Crippen molar-refractivity contribution >= 4 is 51.2 Å². The quantitative estimate of drug-likeness (QED) is 0.353. The van der Waals surface area contributed by atoms with Crippen molar-refractivity contribution in [2.24, 2.45) is 5.10 Å². The van der Waals surface area contributed by atoms with E-state index in [2.05, 4.69) is 31.8 Å². The lowest BCUT2D eigenvalue weighted by atomic mass is 10.2. The highest BCUT2D eigenvalue weighted by Gasteiger charge is 2.10. The summed E-state index contributed by atoms with van der Waals surface area (Å²) in [5.74, 6) is -0.250. The average Bonchev–Trinajstić information content (AvgIpc) is 2.60. The van der Waals surface area contributed by atoms with Crippen molar-refractivity contribution in [3.05, 3.63) is 57.0 Å². The largest absolute Gasteiger partial charge is 0.490 e. The minimum Gasteiger partial charge on any atom is -0.490 e. The Morgan fingerprint density at radius 2 is 1.96 bits per heavy atom. The number of aryl methyl sites for hydroxylation is 1. The molecule has 0 spiro atoms. The standard InChI is InChI=1S/C20H21BrClN3O3/c1-12(2)28-18-7-5-14(8-16(18)21)11-23-25-20(27)10-19(26)24-15-6-4-13(3)17(22)9-15/h4-9,11-12H,10H2,1-3H3,(H,24,26)(H,25,27). The summed E-state index contributed by atoms with van der Waals surface area (Å²) in [7, 11) is 0. The van der Waals surface area contributed by atoms with Gasteiger partial charge in [0.1, 0.15) is 12.2 Å². The van der Waals surface area contributed by atoms with Gasteiger partial charge in [-0.15, -0.1) is 0 Å². The van der Waals surface area contributed by atoms with Gasteiger partial charge in [-0.2, -0.15) is 5.10 Å². The van der Waals surface area contributed by atoms with Crippen LogP contribution in [0.1, 0.15) is 31.4 Å². The van der Waals surface area contributed by atoms with Crippen molar-refractivity contribution in [1.29, 1.82) is 0 Å². The van der Waals surface area contributed by atoms with E-state index in [0.717, 1.165) is 21.3 Å². The number of halogens is 2. The van der Waals surface area contributed by atoms with E-state index in [9.17, 15) is 9.59 Å². The number of hydrogen-bond acceptors (Lipinski definition) is 4. The van der Waals surface area contributed by atoms with Crippen LogP contribution in [-0.2, 0) is 9.59 Å². The molecule has 0 fully saturated rings. The van der Waals surface area contributed by atoms with E-state index in [1.165, 1.54) is 6.21 Å². The van der Waals surface area contributed by atoms with Crippen LogP contribution in [0.2, 0.25) is 5.02 Å². The maximum absolute atomic E-state index is 11.9. The number of rotatable bonds is 7. The van der Waals surface area contributed by atoms with Crippen molar-refractivity contribution in [2.75, 3.05) is 5.32 Å². The van der Waals surface area contributed by atoms with Crippen molar-refractivity contribution < 1.29 is 14.3 Å². The Morgan fingerprint density at radius 1 is 1.21 bits per heavy atom. The average molecular weight is 467 g/mol. The normalized spacial score (nSPS) is 10.9. The van der Waals surface area contributed by atoms with Crippen LogP contribution < -0.4 is 15.5 Å². The van der Waals surface area contributed by atoms with E-state index < -0.39 is 11.8 Å². The summed E-state index contributed by atoms with van der Waals surface area (Å²) in [6, 6.07) is 10.6. The van der Waals surface area contributed by atoms with Crippen LogP contribution in [0, 0.1) is 6.92 Å².